The lowest BCUT2D eigenvalue weighted by atomic mass is 10.1. The lowest BCUT2D eigenvalue weighted by Crippen LogP contribution is -2.38. The molecule has 1 aromatic rings. The van der Waals surface area contributed by atoms with E-state index in [-0.39, 0.29) is 11.9 Å². The Hall–Kier alpha value is -1.26. The molecule has 0 radical (unpaired) electrons. The number of β-amino-alcohol motifs (C(OH)–C–C–N with tert-alkyl or cyclic N) is 1. The summed E-state index contributed by atoms with van der Waals surface area (Å²) >= 11 is 0. The van der Waals surface area contributed by atoms with Crippen molar-refractivity contribution < 1.29 is 9.90 Å². The summed E-state index contributed by atoms with van der Waals surface area (Å²) in [5, 5.41) is 9.58. The third-order valence-electron chi connectivity index (χ3n) is 3.59. The van der Waals surface area contributed by atoms with E-state index in [1.54, 1.807) is 6.20 Å². The van der Waals surface area contributed by atoms with Crippen LogP contribution in [0.3, 0.4) is 0 Å². The van der Waals surface area contributed by atoms with E-state index in [2.05, 4.69) is 9.88 Å². The second kappa shape index (κ2) is 6.78. The van der Waals surface area contributed by atoms with Gasteiger partial charge in [-0.2, -0.15) is 0 Å². The smallest absolute Gasteiger partial charge is 0.164 e. The molecule has 104 valence electrons. The van der Waals surface area contributed by atoms with Crippen LogP contribution in [0.5, 0.6) is 0 Å². The van der Waals surface area contributed by atoms with E-state index in [0.29, 0.717) is 12.0 Å². The number of hydrogen-bond donors (Lipinski definition) is 1. The van der Waals surface area contributed by atoms with E-state index >= 15 is 0 Å². The zero-order valence-corrected chi connectivity index (χ0v) is 11.5. The second-order valence-corrected chi connectivity index (χ2v) is 5.31. The third-order valence-corrected chi connectivity index (χ3v) is 3.59. The van der Waals surface area contributed by atoms with Crippen LogP contribution in [-0.2, 0) is 0 Å². The number of hydrogen-bond acceptors (Lipinski definition) is 4. The number of nitrogens with zero attached hydrogens (tertiary/aromatic N) is 2. The van der Waals surface area contributed by atoms with Crippen LogP contribution in [0.4, 0.5) is 0 Å². The van der Waals surface area contributed by atoms with E-state index < -0.39 is 0 Å². The highest BCUT2D eigenvalue weighted by Crippen LogP contribution is 2.11. The Morgan fingerprint density at radius 2 is 2.37 bits per heavy atom. The fourth-order valence-electron chi connectivity index (χ4n) is 2.47. The van der Waals surface area contributed by atoms with E-state index in [1.165, 1.54) is 0 Å². The Kier molecular flexibility index (Phi) is 5.05. The molecular formula is C15H22N2O2. The molecule has 0 bridgehead atoms. The number of likely N-dealkylation sites (tertiary alicyclic amines) is 1. The van der Waals surface area contributed by atoms with Crippen LogP contribution in [-0.4, -0.2) is 46.5 Å². The van der Waals surface area contributed by atoms with Gasteiger partial charge in [0, 0.05) is 30.4 Å². The topological polar surface area (TPSA) is 53.4 Å². The molecule has 0 aromatic carbocycles. The number of pyridine rings is 1. The summed E-state index contributed by atoms with van der Waals surface area (Å²) in [5.41, 5.74) is 1.63. The summed E-state index contributed by atoms with van der Waals surface area (Å²) in [5.74, 6) is 0.157. The summed E-state index contributed by atoms with van der Waals surface area (Å²) < 4.78 is 0. The molecule has 1 unspecified atom stereocenters. The average molecular weight is 262 g/mol. The Labute approximate surface area is 114 Å². The van der Waals surface area contributed by atoms with Gasteiger partial charge in [-0.1, -0.05) is 0 Å². The van der Waals surface area contributed by atoms with Crippen LogP contribution >= 0.6 is 0 Å². The lowest BCUT2D eigenvalue weighted by Gasteiger charge is -2.29. The maximum absolute atomic E-state index is 12.0. The first-order chi connectivity index (χ1) is 9.15. The van der Waals surface area contributed by atoms with Crippen LogP contribution in [0, 0.1) is 6.92 Å². The van der Waals surface area contributed by atoms with Gasteiger partial charge >= 0.3 is 0 Å². The van der Waals surface area contributed by atoms with Crippen LogP contribution in [0.15, 0.2) is 18.3 Å². The van der Waals surface area contributed by atoms with Gasteiger partial charge in [-0.3, -0.25) is 9.78 Å². The fraction of sp³-hybridized carbons (Fsp3) is 0.600. The quantitative estimate of drug-likeness (QED) is 0.822. The fourth-order valence-corrected chi connectivity index (χ4v) is 2.47. The normalized spacial score (nSPS) is 20.4. The molecule has 2 heterocycles. The molecule has 0 aliphatic carbocycles. The zero-order valence-electron chi connectivity index (χ0n) is 11.5. The standard InChI is InChI=1S/C15H22N2O2/c1-12-6-7-13(10-16-12)15(19)5-3-9-17-8-2-4-14(18)11-17/h6-7,10,14,18H,2-5,8-9,11H2,1H3. The summed E-state index contributed by atoms with van der Waals surface area (Å²) in [6, 6.07) is 3.71. The number of aliphatic hydroxyl groups excluding tert-OH is 1. The van der Waals surface area contributed by atoms with E-state index in [1.807, 2.05) is 19.1 Å². The Morgan fingerprint density at radius 1 is 1.53 bits per heavy atom. The molecule has 2 rings (SSSR count). The first kappa shape index (κ1) is 14.2. The molecule has 1 atom stereocenters. The van der Waals surface area contributed by atoms with Crippen LogP contribution in [0.1, 0.15) is 41.7 Å². The molecule has 0 spiro atoms. The van der Waals surface area contributed by atoms with Gasteiger partial charge in [-0.15, -0.1) is 0 Å². The monoisotopic (exact) mass is 262 g/mol. The summed E-state index contributed by atoms with van der Waals surface area (Å²) in [6.07, 6.45) is 4.83. The predicted octanol–water partition coefficient (Wildman–Crippen LogP) is 1.81. The van der Waals surface area contributed by atoms with Gasteiger partial charge in [0.2, 0.25) is 0 Å². The molecule has 1 aromatic heterocycles. The molecule has 4 heteroatoms. The van der Waals surface area contributed by atoms with Crippen LogP contribution in [0.2, 0.25) is 0 Å². The molecule has 1 aliphatic rings. The van der Waals surface area contributed by atoms with Crippen molar-refractivity contribution >= 4 is 5.78 Å². The Morgan fingerprint density at radius 3 is 3.05 bits per heavy atom. The molecular weight excluding hydrogens is 240 g/mol. The van der Waals surface area contributed by atoms with Gasteiger partial charge < -0.3 is 10.0 Å². The second-order valence-electron chi connectivity index (χ2n) is 5.31. The van der Waals surface area contributed by atoms with Crippen LogP contribution in [0.25, 0.3) is 0 Å². The van der Waals surface area contributed by atoms with Gasteiger partial charge in [-0.25, -0.2) is 0 Å². The molecule has 0 amide bonds. The number of aromatic nitrogens is 1. The van der Waals surface area contributed by atoms with Gasteiger partial charge in [0.05, 0.1) is 6.10 Å². The van der Waals surface area contributed by atoms with Crippen molar-refractivity contribution in [2.45, 2.75) is 38.7 Å². The number of aryl methyl sites for hydroxylation is 1. The third kappa shape index (κ3) is 4.40. The number of carbonyl (C=O) groups is 1. The highest BCUT2D eigenvalue weighted by molar-refractivity contribution is 5.95. The van der Waals surface area contributed by atoms with Gasteiger partial charge in [0.15, 0.2) is 5.78 Å². The maximum atomic E-state index is 12.0. The van der Waals surface area contributed by atoms with Crippen molar-refractivity contribution in [3.8, 4) is 0 Å². The van der Waals surface area contributed by atoms with E-state index in [4.69, 9.17) is 0 Å². The first-order valence-corrected chi connectivity index (χ1v) is 7.01. The van der Waals surface area contributed by atoms with E-state index in [0.717, 1.165) is 44.6 Å². The Balaban J connectivity index is 1.73. The summed E-state index contributed by atoms with van der Waals surface area (Å²) in [7, 11) is 0. The minimum Gasteiger partial charge on any atom is -0.392 e. The SMILES string of the molecule is Cc1ccc(C(=O)CCCN2CCCC(O)C2)cn1. The van der Waals surface area contributed by atoms with Gasteiger partial charge in [0.25, 0.3) is 0 Å². The summed E-state index contributed by atoms with van der Waals surface area (Å²) in [4.78, 5) is 18.3. The minimum absolute atomic E-state index is 0.157. The molecule has 19 heavy (non-hydrogen) atoms. The molecule has 0 saturated carbocycles. The lowest BCUT2D eigenvalue weighted by molar-refractivity contribution is 0.0692. The van der Waals surface area contributed by atoms with Crippen molar-refractivity contribution in [2.75, 3.05) is 19.6 Å². The number of aliphatic hydroxyl groups is 1. The zero-order chi connectivity index (χ0) is 13.7. The highest BCUT2D eigenvalue weighted by Gasteiger charge is 2.17. The minimum atomic E-state index is -0.189. The molecule has 1 saturated heterocycles. The maximum Gasteiger partial charge on any atom is 0.164 e. The van der Waals surface area contributed by atoms with Crippen molar-refractivity contribution in [2.24, 2.45) is 0 Å². The molecule has 4 nitrogen and oxygen atoms in total. The average Bonchev–Trinajstić information content (AvgIpc) is 2.39. The van der Waals surface area contributed by atoms with Crippen molar-refractivity contribution in [1.29, 1.82) is 0 Å². The van der Waals surface area contributed by atoms with Gasteiger partial charge in [-0.05, 0) is 51.4 Å². The number of piperidine rings is 1. The molecule has 1 N–H and O–H groups in total. The summed E-state index contributed by atoms with van der Waals surface area (Å²) in [6.45, 7) is 4.59. The largest absolute Gasteiger partial charge is 0.392 e. The predicted molar refractivity (Wildman–Crippen MR) is 74.2 cm³/mol. The van der Waals surface area contributed by atoms with E-state index in [9.17, 15) is 9.90 Å². The van der Waals surface area contributed by atoms with Crippen LogP contribution < -0.4 is 0 Å². The molecule has 1 aliphatic heterocycles. The Bertz CT molecular complexity index is 417. The number of rotatable bonds is 5. The number of carbonyl (C=O) groups excluding carboxylic acids is 1. The van der Waals surface area contributed by atoms with Crippen molar-refractivity contribution in [3.63, 3.8) is 0 Å². The van der Waals surface area contributed by atoms with Gasteiger partial charge in [0.1, 0.15) is 0 Å². The first-order valence-electron chi connectivity index (χ1n) is 7.01. The highest BCUT2D eigenvalue weighted by atomic mass is 16.3. The van der Waals surface area contributed by atoms with Crippen molar-refractivity contribution in [3.05, 3.63) is 29.6 Å². The van der Waals surface area contributed by atoms with Crippen molar-refractivity contribution in [1.82, 2.24) is 9.88 Å². The molecule has 1 fully saturated rings. The number of ketones is 1. The number of Topliss-reactive ketones (excluding diaryl/α,β-unsaturated/α-hetero) is 1.